The Balaban J connectivity index is 0.00000512. The van der Waals surface area contributed by atoms with Gasteiger partial charge < -0.3 is 20.5 Å². The normalized spacial score (nSPS) is 11.3. The number of rotatable bonds is 8. The minimum Gasteiger partial charge on any atom is -0.508 e. The standard InChI is InChI=1S/C24H34N4O3.HI/c1-24(2,3)31-23(30)28-20-11-7-19(8-12-20)15-17-27-22(25-4)26-16-5-6-18-9-13-21(29)14-10-18;/h7-14,29H,5-6,15-17H2,1-4H3,(H,28,30)(H2,25,26,27);1H. The minimum absolute atomic E-state index is 0. The van der Waals surface area contributed by atoms with E-state index in [1.54, 1.807) is 19.2 Å². The molecule has 0 unspecified atom stereocenters. The van der Waals surface area contributed by atoms with Crippen molar-refractivity contribution in [1.29, 1.82) is 0 Å². The largest absolute Gasteiger partial charge is 0.508 e. The third-order valence-corrected chi connectivity index (χ3v) is 4.40. The number of nitrogens with one attached hydrogen (secondary N) is 3. The Hall–Kier alpha value is -2.49. The summed E-state index contributed by atoms with van der Waals surface area (Å²) in [5.74, 6) is 1.06. The Labute approximate surface area is 208 Å². The zero-order chi connectivity index (χ0) is 22.7. The number of aryl methyl sites for hydroxylation is 1. The van der Waals surface area contributed by atoms with Crippen molar-refractivity contribution in [1.82, 2.24) is 10.6 Å². The molecule has 0 saturated heterocycles. The van der Waals surface area contributed by atoms with Gasteiger partial charge in [-0.05, 0) is 75.4 Å². The minimum atomic E-state index is -0.520. The van der Waals surface area contributed by atoms with Gasteiger partial charge in [0.15, 0.2) is 5.96 Å². The Morgan fingerprint density at radius 2 is 1.50 bits per heavy atom. The maximum Gasteiger partial charge on any atom is 0.412 e. The summed E-state index contributed by atoms with van der Waals surface area (Å²) >= 11 is 0. The van der Waals surface area contributed by atoms with E-state index in [4.69, 9.17) is 4.74 Å². The summed E-state index contributed by atoms with van der Waals surface area (Å²) in [5, 5.41) is 18.7. The van der Waals surface area contributed by atoms with Crippen molar-refractivity contribution in [3.63, 3.8) is 0 Å². The number of hydrogen-bond donors (Lipinski definition) is 4. The molecule has 0 saturated carbocycles. The highest BCUT2D eigenvalue weighted by Crippen LogP contribution is 2.13. The summed E-state index contributed by atoms with van der Waals surface area (Å²) in [6, 6.07) is 15.0. The molecule has 0 aromatic heterocycles. The number of hydrogen-bond acceptors (Lipinski definition) is 4. The number of phenolic OH excluding ortho intramolecular Hbond substituents is 1. The van der Waals surface area contributed by atoms with Gasteiger partial charge in [-0.2, -0.15) is 0 Å². The molecule has 0 fully saturated rings. The highest BCUT2D eigenvalue weighted by Gasteiger charge is 2.16. The molecule has 0 aliphatic heterocycles. The quantitative estimate of drug-likeness (QED) is 0.164. The van der Waals surface area contributed by atoms with E-state index in [-0.39, 0.29) is 24.0 Å². The number of nitrogens with zero attached hydrogens (tertiary/aromatic N) is 1. The molecular formula is C24H35IN4O3. The summed E-state index contributed by atoms with van der Waals surface area (Å²) in [6.45, 7) is 7.06. The zero-order valence-electron chi connectivity index (χ0n) is 19.3. The summed E-state index contributed by atoms with van der Waals surface area (Å²) in [4.78, 5) is 16.1. The van der Waals surface area contributed by atoms with Gasteiger partial charge in [-0.3, -0.25) is 10.3 Å². The fraction of sp³-hybridized carbons (Fsp3) is 0.417. The van der Waals surface area contributed by atoms with E-state index in [0.717, 1.165) is 43.9 Å². The average molecular weight is 554 g/mol. The number of aliphatic imine (C=N–C) groups is 1. The predicted molar refractivity (Wildman–Crippen MR) is 141 cm³/mol. The Bertz CT molecular complexity index is 847. The van der Waals surface area contributed by atoms with E-state index >= 15 is 0 Å². The highest BCUT2D eigenvalue weighted by atomic mass is 127. The molecule has 32 heavy (non-hydrogen) atoms. The molecule has 0 spiro atoms. The van der Waals surface area contributed by atoms with Crippen LogP contribution in [0.25, 0.3) is 0 Å². The number of phenols is 1. The van der Waals surface area contributed by atoms with Gasteiger partial charge in [0.25, 0.3) is 0 Å². The van der Waals surface area contributed by atoms with Gasteiger partial charge in [0, 0.05) is 25.8 Å². The zero-order valence-corrected chi connectivity index (χ0v) is 21.6. The summed E-state index contributed by atoms with van der Waals surface area (Å²) in [5.41, 5.74) is 2.54. The molecule has 0 aliphatic rings. The number of guanidine groups is 1. The van der Waals surface area contributed by atoms with Crippen LogP contribution in [-0.2, 0) is 17.6 Å². The maximum atomic E-state index is 11.8. The SMILES string of the molecule is CN=C(NCCCc1ccc(O)cc1)NCCc1ccc(NC(=O)OC(C)(C)C)cc1.I. The molecule has 7 nitrogen and oxygen atoms in total. The second-order valence-corrected chi connectivity index (χ2v) is 8.27. The van der Waals surface area contributed by atoms with E-state index in [9.17, 15) is 9.90 Å². The van der Waals surface area contributed by atoms with Crippen LogP contribution < -0.4 is 16.0 Å². The lowest BCUT2D eigenvalue weighted by molar-refractivity contribution is 0.0636. The summed E-state index contributed by atoms with van der Waals surface area (Å²) in [6.07, 6.45) is 2.29. The molecule has 0 aliphatic carbocycles. The topological polar surface area (TPSA) is 95.0 Å². The van der Waals surface area contributed by atoms with Crippen LogP contribution in [0, 0.1) is 0 Å². The van der Waals surface area contributed by atoms with Crippen LogP contribution in [0.4, 0.5) is 10.5 Å². The Morgan fingerprint density at radius 1 is 0.938 bits per heavy atom. The van der Waals surface area contributed by atoms with Crippen LogP contribution in [-0.4, -0.2) is 42.9 Å². The number of halogens is 1. The molecule has 0 atom stereocenters. The molecule has 2 rings (SSSR count). The second kappa shape index (κ2) is 13.8. The molecule has 0 radical (unpaired) electrons. The molecule has 2 aromatic rings. The van der Waals surface area contributed by atoms with Crippen LogP contribution in [0.15, 0.2) is 53.5 Å². The molecule has 4 N–H and O–H groups in total. The van der Waals surface area contributed by atoms with Crippen molar-refractivity contribution in [2.75, 3.05) is 25.5 Å². The molecule has 176 valence electrons. The first kappa shape index (κ1) is 27.5. The smallest absolute Gasteiger partial charge is 0.412 e. The predicted octanol–water partition coefficient (Wildman–Crippen LogP) is 4.70. The maximum absolute atomic E-state index is 11.8. The molecule has 2 aromatic carbocycles. The lowest BCUT2D eigenvalue weighted by Gasteiger charge is -2.19. The number of ether oxygens (including phenoxy) is 1. The fourth-order valence-corrected chi connectivity index (χ4v) is 2.88. The van der Waals surface area contributed by atoms with Crippen molar-refractivity contribution in [2.24, 2.45) is 4.99 Å². The Morgan fingerprint density at radius 3 is 2.09 bits per heavy atom. The number of carbonyl (C=O) groups is 1. The van der Waals surface area contributed by atoms with Crippen molar-refractivity contribution in [3.8, 4) is 5.75 Å². The van der Waals surface area contributed by atoms with Crippen molar-refractivity contribution in [2.45, 2.75) is 45.6 Å². The van der Waals surface area contributed by atoms with Gasteiger partial charge in [0.1, 0.15) is 11.4 Å². The third-order valence-electron chi connectivity index (χ3n) is 4.40. The fourth-order valence-electron chi connectivity index (χ4n) is 2.88. The average Bonchev–Trinajstić information content (AvgIpc) is 2.71. The van der Waals surface area contributed by atoms with Crippen molar-refractivity contribution in [3.05, 3.63) is 59.7 Å². The van der Waals surface area contributed by atoms with E-state index in [1.807, 2.05) is 57.2 Å². The first-order valence-corrected chi connectivity index (χ1v) is 10.6. The summed E-state index contributed by atoms with van der Waals surface area (Å²) < 4.78 is 5.26. The molecule has 0 bridgehead atoms. The lowest BCUT2D eigenvalue weighted by Crippen LogP contribution is -2.38. The number of amides is 1. The van der Waals surface area contributed by atoms with E-state index in [0.29, 0.717) is 11.4 Å². The molecule has 0 heterocycles. The van der Waals surface area contributed by atoms with E-state index in [1.165, 1.54) is 5.56 Å². The van der Waals surface area contributed by atoms with Gasteiger partial charge >= 0.3 is 6.09 Å². The van der Waals surface area contributed by atoms with E-state index in [2.05, 4.69) is 20.9 Å². The molecular weight excluding hydrogens is 519 g/mol. The third kappa shape index (κ3) is 11.2. The van der Waals surface area contributed by atoms with Crippen LogP contribution in [0.2, 0.25) is 0 Å². The van der Waals surface area contributed by atoms with Crippen molar-refractivity contribution >= 4 is 41.7 Å². The summed E-state index contributed by atoms with van der Waals surface area (Å²) in [7, 11) is 1.76. The van der Waals surface area contributed by atoms with Gasteiger partial charge in [-0.25, -0.2) is 4.79 Å². The number of benzene rings is 2. The van der Waals surface area contributed by atoms with Crippen LogP contribution >= 0.6 is 24.0 Å². The van der Waals surface area contributed by atoms with Gasteiger partial charge in [-0.15, -0.1) is 24.0 Å². The van der Waals surface area contributed by atoms with Crippen LogP contribution in [0.3, 0.4) is 0 Å². The monoisotopic (exact) mass is 554 g/mol. The number of aromatic hydroxyl groups is 1. The van der Waals surface area contributed by atoms with Gasteiger partial charge in [0.05, 0.1) is 0 Å². The number of carbonyl (C=O) groups excluding carboxylic acids is 1. The second-order valence-electron chi connectivity index (χ2n) is 8.27. The Kier molecular flexibility index (Phi) is 11.9. The molecule has 8 heteroatoms. The van der Waals surface area contributed by atoms with E-state index < -0.39 is 11.7 Å². The van der Waals surface area contributed by atoms with Crippen LogP contribution in [0.5, 0.6) is 5.75 Å². The van der Waals surface area contributed by atoms with Gasteiger partial charge in [0.2, 0.25) is 0 Å². The van der Waals surface area contributed by atoms with Crippen LogP contribution in [0.1, 0.15) is 38.3 Å². The lowest BCUT2D eigenvalue weighted by atomic mass is 10.1. The molecule has 1 amide bonds. The first-order chi connectivity index (χ1) is 14.7. The highest BCUT2D eigenvalue weighted by molar-refractivity contribution is 14.0. The van der Waals surface area contributed by atoms with Gasteiger partial charge in [-0.1, -0.05) is 24.3 Å². The number of anilines is 1. The van der Waals surface area contributed by atoms with Crippen molar-refractivity contribution < 1.29 is 14.6 Å². The first-order valence-electron chi connectivity index (χ1n) is 10.6.